The fourth-order valence-corrected chi connectivity index (χ4v) is 4.92. The summed E-state index contributed by atoms with van der Waals surface area (Å²) in [6, 6.07) is 11.1. The zero-order chi connectivity index (χ0) is 27.3. The van der Waals surface area contributed by atoms with Crippen LogP contribution in [0.2, 0.25) is 0 Å². The molecule has 7 heteroatoms. The van der Waals surface area contributed by atoms with Gasteiger partial charge in [0, 0.05) is 31.4 Å². The number of piperazine rings is 1. The predicted octanol–water partition coefficient (Wildman–Crippen LogP) is 5.88. The van der Waals surface area contributed by atoms with Crippen LogP contribution in [0.1, 0.15) is 63.8 Å². The first kappa shape index (κ1) is 29.1. The zero-order valence-electron chi connectivity index (χ0n) is 23.0. The first-order valence-electron chi connectivity index (χ1n) is 13.2. The second-order valence-electron chi connectivity index (χ2n) is 11.6. The Bertz CT molecular complexity index is 1080. The zero-order valence-corrected chi connectivity index (χ0v) is 23.7. The molecule has 2 unspecified atom stereocenters. The number of nitrogens with zero attached hydrogens (tertiary/aromatic N) is 2. The van der Waals surface area contributed by atoms with E-state index in [0.29, 0.717) is 36.8 Å². The van der Waals surface area contributed by atoms with Gasteiger partial charge >= 0.3 is 0 Å². The highest BCUT2D eigenvalue weighted by Gasteiger charge is 2.37. The molecule has 1 fully saturated rings. The van der Waals surface area contributed by atoms with Gasteiger partial charge in [0.15, 0.2) is 0 Å². The monoisotopic (exact) mass is 529 g/mol. The van der Waals surface area contributed by atoms with Crippen molar-refractivity contribution in [2.24, 2.45) is 11.3 Å². The van der Waals surface area contributed by atoms with Gasteiger partial charge in [-0.1, -0.05) is 58.9 Å². The van der Waals surface area contributed by atoms with E-state index >= 15 is 0 Å². The molecule has 2 aromatic rings. The van der Waals surface area contributed by atoms with Gasteiger partial charge in [-0.25, -0.2) is 4.39 Å². The number of carbonyl (C=O) groups excluding carboxylic acids is 2. The van der Waals surface area contributed by atoms with Gasteiger partial charge in [0.1, 0.15) is 17.7 Å². The van der Waals surface area contributed by atoms with Crippen molar-refractivity contribution in [3.63, 3.8) is 0 Å². The number of anilines is 1. The third-order valence-electron chi connectivity index (χ3n) is 7.07. The minimum absolute atomic E-state index is 0.160. The summed E-state index contributed by atoms with van der Waals surface area (Å²) in [4.78, 5) is 30.9. The second kappa shape index (κ2) is 12.4. The van der Waals surface area contributed by atoms with Gasteiger partial charge < -0.3 is 10.2 Å². The van der Waals surface area contributed by atoms with E-state index in [4.69, 9.17) is 11.6 Å². The van der Waals surface area contributed by atoms with E-state index in [1.807, 2.05) is 24.0 Å². The van der Waals surface area contributed by atoms with Crippen LogP contribution < -0.4 is 10.2 Å². The van der Waals surface area contributed by atoms with Gasteiger partial charge in [0.05, 0.1) is 0 Å². The Morgan fingerprint density at radius 3 is 2.41 bits per heavy atom. The minimum atomic E-state index is -0.947. The van der Waals surface area contributed by atoms with E-state index in [1.165, 1.54) is 22.6 Å². The highest BCUT2D eigenvalue weighted by atomic mass is 35.5. The summed E-state index contributed by atoms with van der Waals surface area (Å²) in [5.41, 5.74) is 3.49. The predicted molar refractivity (Wildman–Crippen MR) is 150 cm³/mol. The van der Waals surface area contributed by atoms with E-state index in [1.54, 1.807) is 12.1 Å². The van der Waals surface area contributed by atoms with Crippen LogP contribution in [-0.4, -0.2) is 48.3 Å². The molecule has 202 valence electrons. The highest BCUT2D eigenvalue weighted by molar-refractivity contribution is 6.30. The largest absolute Gasteiger partial charge is 0.338 e. The van der Waals surface area contributed by atoms with Crippen molar-refractivity contribution < 1.29 is 14.0 Å². The topological polar surface area (TPSA) is 52.7 Å². The summed E-state index contributed by atoms with van der Waals surface area (Å²) in [5.74, 6) is -0.874. The summed E-state index contributed by atoms with van der Waals surface area (Å²) in [5, 5.41) is 3.48. The molecule has 1 aliphatic heterocycles. The van der Waals surface area contributed by atoms with Crippen molar-refractivity contribution in [1.82, 2.24) is 10.2 Å². The minimum Gasteiger partial charge on any atom is -0.338 e. The van der Waals surface area contributed by atoms with Crippen molar-refractivity contribution in [2.45, 2.75) is 66.5 Å². The number of halogens is 2. The van der Waals surface area contributed by atoms with Crippen LogP contribution in [0.4, 0.5) is 10.1 Å². The maximum atomic E-state index is 14.1. The van der Waals surface area contributed by atoms with E-state index in [2.05, 4.69) is 46.0 Å². The number of rotatable bonds is 8. The van der Waals surface area contributed by atoms with Gasteiger partial charge in [-0.3, -0.25) is 14.5 Å². The Morgan fingerprint density at radius 2 is 1.84 bits per heavy atom. The molecule has 1 N–H and O–H groups in total. The fraction of sp³-hybridized carbons (Fsp3) is 0.533. The van der Waals surface area contributed by atoms with E-state index in [0.717, 1.165) is 18.4 Å². The third kappa shape index (κ3) is 7.55. The highest BCUT2D eigenvalue weighted by Crippen LogP contribution is 2.34. The molecule has 2 atom stereocenters. The summed E-state index contributed by atoms with van der Waals surface area (Å²) in [6.07, 6.45) is 1.96. The van der Waals surface area contributed by atoms with Crippen molar-refractivity contribution in [3.8, 4) is 0 Å². The van der Waals surface area contributed by atoms with Gasteiger partial charge in [0.2, 0.25) is 5.91 Å². The maximum absolute atomic E-state index is 14.1. The number of hydrogen-bond donors (Lipinski definition) is 1. The van der Waals surface area contributed by atoms with Crippen LogP contribution in [0.25, 0.3) is 0 Å². The van der Waals surface area contributed by atoms with Crippen LogP contribution in [0.15, 0.2) is 42.5 Å². The average molecular weight is 530 g/mol. The molecule has 2 amide bonds. The summed E-state index contributed by atoms with van der Waals surface area (Å²) in [7, 11) is 0. The molecule has 37 heavy (non-hydrogen) atoms. The SMILES string of the molecule is Cc1cc(CCC(C)(C)C)ccc1N(C(=O)CCl)C(C(=O)N1CCNC(C(C)C)C1)c1ccc(F)cc1. The fourth-order valence-electron chi connectivity index (χ4n) is 4.79. The van der Waals surface area contributed by atoms with Crippen molar-refractivity contribution in [3.05, 3.63) is 65.0 Å². The van der Waals surface area contributed by atoms with E-state index < -0.39 is 11.9 Å². The molecule has 0 aromatic heterocycles. The molecule has 1 heterocycles. The van der Waals surface area contributed by atoms with E-state index in [9.17, 15) is 14.0 Å². The number of benzene rings is 2. The molecule has 0 spiro atoms. The summed E-state index contributed by atoms with van der Waals surface area (Å²) >= 11 is 6.11. The number of alkyl halides is 1. The van der Waals surface area contributed by atoms with Crippen LogP contribution >= 0.6 is 11.6 Å². The van der Waals surface area contributed by atoms with Crippen molar-refractivity contribution in [2.75, 3.05) is 30.4 Å². The molecular formula is C30H41ClFN3O2. The Labute approximate surface area is 226 Å². The van der Waals surface area contributed by atoms with Crippen molar-refractivity contribution in [1.29, 1.82) is 0 Å². The Hall–Kier alpha value is -2.44. The number of aryl methyl sites for hydroxylation is 2. The van der Waals surface area contributed by atoms with Crippen LogP contribution in [-0.2, 0) is 16.0 Å². The molecule has 0 bridgehead atoms. The molecule has 0 aliphatic carbocycles. The molecule has 3 rings (SSSR count). The van der Waals surface area contributed by atoms with Crippen molar-refractivity contribution >= 4 is 29.1 Å². The van der Waals surface area contributed by atoms with Gasteiger partial charge in [-0.15, -0.1) is 11.6 Å². The van der Waals surface area contributed by atoms with Crippen LogP contribution in [0.3, 0.4) is 0 Å². The lowest BCUT2D eigenvalue weighted by Gasteiger charge is -2.40. The standard InChI is InChI=1S/C30H41ClFN3O2/c1-20(2)25-19-34(16-15-33-25)29(37)28(23-8-10-24(32)11-9-23)35(27(36)18-31)26-12-7-22(17-21(26)3)13-14-30(4,5)6/h7-12,17,20,25,28,33H,13-16,18-19H2,1-6H3. The number of amides is 2. The lowest BCUT2D eigenvalue weighted by molar-refractivity contribution is -0.135. The van der Waals surface area contributed by atoms with E-state index in [-0.39, 0.29) is 29.2 Å². The van der Waals surface area contributed by atoms with Crippen LogP contribution in [0.5, 0.6) is 0 Å². The lowest BCUT2D eigenvalue weighted by atomic mass is 9.88. The summed E-state index contributed by atoms with van der Waals surface area (Å²) in [6.45, 7) is 14.6. The molecule has 5 nitrogen and oxygen atoms in total. The quantitative estimate of drug-likeness (QED) is 0.434. The maximum Gasteiger partial charge on any atom is 0.250 e. The molecule has 0 saturated carbocycles. The van der Waals surface area contributed by atoms with Gasteiger partial charge in [0.25, 0.3) is 5.91 Å². The number of carbonyl (C=O) groups is 2. The first-order valence-corrected chi connectivity index (χ1v) is 13.7. The number of nitrogens with one attached hydrogen (secondary N) is 1. The molecule has 1 saturated heterocycles. The van der Waals surface area contributed by atoms with Gasteiger partial charge in [-0.2, -0.15) is 0 Å². The Kier molecular flexibility index (Phi) is 9.76. The average Bonchev–Trinajstić information content (AvgIpc) is 2.86. The Morgan fingerprint density at radius 1 is 1.16 bits per heavy atom. The lowest BCUT2D eigenvalue weighted by Crippen LogP contribution is -2.57. The first-order chi connectivity index (χ1) is 17.4. The molecular weight excluding hydrogens is 489 g/mol. The molecule has 2 aromatic carbocycles. The smallest absolute Gasteiger partial charge is 0.250 e. The van der Waals surface area contributed by atoms with Crippen LogP contribution in [0, 0.1) is 24.1 Å². The normalized spacial score (nSPS) is 17.1. The molecule has 1 aliphatic rings. The number of hydrogen-bond acceptors (Lipinski definition) is 3. The van der Waals surface area contributed by atoms with Gasteiger partial charge in [-0.05, 0) is 66.0 Å². The second-order valence-corrected chi connectivity index (χ2v) is 11.9. The molecule has 0 radical (unpaired) electrons. The summed E-state index contributed by atoms with van der Waals surface area (Å²) < 4.78 is 13.9. The third-order valence-corrected chi connectivity index (χ3v) is 7.30. The Balaban J connectivity index is 2.05.